The Morgan fingerprint density at radius 1 is 1.15 bits per heavy atom. The molecule has 5 nitrogen and oxygen atoms in total. The number of nitrogens with zero attached hydrogens (tertiary/aromatic N) is 3. The Hall–Kier alpha value is -2.61. The number of carbonyl (C=O) groups is 1. The molecule has 0 atom stereocenters. The summed E-state index contributed by atoms with van der Waals surface area (Å²) in [5.41, 5.74) is 6.95. The SMILES string of the molecule is CC(=O)N(c1nc(CSc2nc(Cc3ccccc3)c(C)[nH]2)cs1)c1c(C)cc(C)cc1Cl. The van der Waals surface area contributed by atoms with Crippen LogP contribution in [0.4, 0.5) is 10.8 Å². The Balaban J connectivity index is 1.49. The number of thiazole rings is 1. The summed E-state index contributed by atoms with van der Waals surface area (Å²) in [6.07, 6.45) is 0.800. The van der Waals surface area contributed by atoms with E-state index in [9.17, 15) is 4.79 Å². The van der Waals surface area contributed by atoms with Gasteiger partial charge in [0, 0.05) is 30.2 Å². The Morgan fingerprint density at radius 2 is 1.91 bits per heavy atom. The van der Waals surface area contributed by atoms with E-state index in [-0.39, 0.29) is 5.91 Å². The van der Waals surface area contributed by atoms with Gasteiger partial charge in [0.25, 0.3) is 0 Å². The van der Waals surface area contributed by atoms with E-state index in [1.807, 2.05) is 49.6 Å². The van der Waals surface area contributed by atoms with Gasteiger partial charge in [-0.3, -0.25) is 9.69 Å². The molecule has 0 saturated heterocycles. The van der Waals surface area contributed by atoms with Crippen LogP contribution in [0.5, 0.6) is 0 Å². The van der Waals surface area contributed by atoms with Gasteiger partial charge in [-0.2, -0.15) is 0 Å². The van der Waals surface area contributed by atoms with Gasteiger partial charge in [-0.25, -0.2) is 9.97 Å². The number of H-pyrrole nitrogens is 1. The molecule has 2 heterocycles. The lowest BCUT2D eigenvalue weighted by Crippen LogP contribution is -2.24. The lowest BCUT2D eigenvalue weighted by atomic mass is 10.1. The van der Waals surface area contributed by atoms with Crippen molar-refractivity contribution in [1.82, 2.24) is 15.0 Å². The fourth-order valence-corrected chi connectivity index (χ4v) is 5.90. The van der Waals surface area contributed by atoms with Gasteiger partial charge in [0.15, 0.2) is 10.3 Å². The number of amides is 1. The van der Waals surface area contributed by atoms with E-state index in [1.54, 1.807) is 16.7 Å². The van der Waals surface area contributed by atoms with Crippen LogP contribution in [0.25, 0.3) is 0 Å². The van der Waals surface area contributed by atoms with Crippen molar-refractivity contribution in [2.75, 3.05) is 4.90 Å². The van der Waals surface area contributed by atoms with Gasteiger partial charge < -0.3 is 4.98 Å². The number of thioether (sulfide) groups is 1. The van der Waals surface area contributed by atoms with Crippen molar-refractivity contribution in [1.29, 1.82) is 0 Å². The fraction of sp³-hybridized carbons (Fsp3) is 0.240. The molecule has 4 aromatic rings. The van der Waals surface area contributed by atoms with Crippen molar-refractivity contribution < 1.29 is 4.79 Å². The molecule has 0 spiro atoms. The molecular formula is C25H25ClN4OS2. The van der Waals surface area contributed by atoms with Crippen LogP contribution in [0.1, 0.15) is 40.7 Å². The molecule has 0 fully saturated rings. The number of rotatable bonds is 7. The number of hydrogen-bond donors (Lipinski definition) is 1. The highest BCUT2D eigenvalue weighted by Gasteiger charge is 2.23. The first kappa shape index (κ1) is 23.5. The number of carbonyl (C=O) groups excluding carboxylic acids is 1. The molecule has 1 N–H and O–H groups in total. The zero-order chi connectivity index (χ0) is 23.5. The van der Waals surface area contributed by atoms with E-state index in [0.717, 1.165) is 39.8 Å². The van der Waals surface area contributed by atoms with E-state index >= 15 is 0 Å². The summed E-state index contributed by atoms with van der Waals surface area (Å²) in [5.74, 6) is 0.533. The smallest absolute Gasteiger partial charge is 0.230 e. The molecule has 8 heteroatoms. The van der Waals surface area contributed by atoms with Crippen molar-refractivity contribution in [3.63, 3.8) is 0 Å². The maximum absolute atomic E-state index is 12.5. The molecule has 2 aromatic carbocycles. The normalized spacial score (nSPS) is 11.1. The van der Waals surface area contributed by atoms with Crippen LogP contribution in [0, 0.1) is 20.8 Å². The van der Waals surface area contributed by atoms with Gasteiger partial charge in [-0.05, 0) is 43.5 Å². The number of aromatic amines is 1. The van der Waals surface area contributed by atoms with Gasteiger partial charge in [0.1, 0.15) is 0 Å². The van der Waals surface area contributed by atoms with Crippen LogP contribution >= 0.6 is 34.7 Å². The minimum Gasteiger partial charge on any atom is -0.337 e. The van der Waals surface area contributed by atoms with Gasteiger partial charge in [0.05, 0.1) is 22.1 Å². The number of nitrogens with one attached hydrogen (secondary N) is 1. The van der Waals surface area contributed by atoms with Crippen LogP contribution in [0.15, 0.2) is 53.0 Å². The summed E-state index contributed by atoms with van der Waals surface area (Å²) < 4.78 is 0. The van der Waals surface area contributed by atoms with Crippen LogP contribution < -0.4 is 4.90 Å². The first-order valence-electron chi connectivity index (χ1n) is 10.6. The van der Waals surface area contributed by atoms with Gasteiger partial charge in [0.2, 0.25) is 5.91 Å². The zero-order valence-electron chi connectivity index (χ0n) is 19.0. The van der Waals surface area contributed by atoms with Crippen molar-refractivity contribution in [2.45, 2.75) is 45.0 Å². The average Bonchev–Trinajstić information content (AvgIpc) is 3.36. The van der Waals surface area contributed by atoms with Crippen LogP contribution in [0.3, 0.4) is 0 Å². The Morgan fingerprint density at radius 3 is 2.61 bits per heavy atom. The molecule has 33 heavy (non-hydrogen) atoms. The van der Waals surface area contributed by atoms with E-state index in [4.69, 9.17) is 21.6 Å². The minimum atomic E-state index is -0.121. The number of benzene rings is 2. The number of aryl methyl sites for hydroxylation is 3. The molecule has 0 aliphatic rings. The number of imidazole rings is 1. The Bertz CT molecular complexity index is 1260. The molecule has 2 aromatic heterocycles. The molecule has 0 radical (unpaired) electrons. The first-order valence-corrected chi connectivity index (χ1v) is 12.8. The topological polar surface area (TPSA) is 61.9 Å². The summed E-state index contributed by atoms with van der Waals surface area (Å²) in [5, 5.41) is 4.02. The van der Waals surface area contributed by atoms with Crippen molar-refractivity contribution in [3.05, 3.63) is 86.6 Å². The molecule has 0 aliphatic heterocycles. The second kappa shape index (κ2) is 10.1. The van der Waals surface area contributed by atoms with Crippen molar-refractivity contribution >= 4 is 51.4 Å². The van der Waals surface area contributed by atoms with E-state index in [1.165, 1.54) is 23.8 Å². The molecule has 170 valence electrons. The summed E-state index contributed by atoms with van der Waals surface area (Å²) in [6, 6.07) is 14.2. The zero-order valence-corrected chi connectivity index (χ0v) is 21.4. The third-order valence-corrected chi connectivity index (χ3v) is 7.27. The number of anilines is 2. The van der Waals surface area contributed by atoms with Crippen molar-refractivity contribution in [2.24, 2.45) is 0 Å². The van der Waals surface area contributed by atoms with Gasteiger partial charge >= 0.3 is 0 Å². The second-order valence-electron chi connectivity index (χ2n) is 7.95. The standard InChI is InChI=1S/C25H25ClN4OS2/c1-15-10-16(2)23(21(26)11-15)30(18(4)31)25-28-20(14-33-25)13-32-24-27-17(3)22(29-24)12-19-8-6-5-7-9-19/h5-11,14H,12-13H2,1-4H3,(H,27,29). The molecular weight excluding hydrogens is 472 g/mol. The predicted molar refractivity (Wildman–Crippen MR) is 138 cm³/mol. The quantitative estimate of drug-likeness (QED) is 0.279. The maximum Gasteiger partial charge on any atom is 0.230 e. The average molecular weight is 497 g/mol. The van der Waals surface area contributed by atoms with Crippen LogP contribution in [-0.2, 0) is 17.0 Å². The van der Waals surface area contributed by atoms with E-state index in [2.05, 4.69) is 24.0 Å². The molecule has 0 bridgehead atoms. The maximum atomic E-state index is 12.5. The molecule has 4 rings (SSSR count). The second-order valence-corrected chi connectivity index (χ2v) is 10.2. The highest BCUT2D eigenvalue weighted by Crippen LogP contribution is 2.38. The number of hydrogen-bond acceptors (Lipinski definition) is 5. The monoisotopic (exact) mass is 496 g/mol. The molecule has 0 unspecified atom stereocenters. The van der Waals surface area contributed by atoms with Gasteiger partial charge in [-0.15, -0.1) is 11.3 Å². The highest BCUT2D eigenvalue weighted by molar-refractivity contribution is 7.98. The predicted octanol–water partition coefficient (Wildman–Crippen LogP) is 7.01. The highest BCUT2D eigenvalue weighted by atomic mass is 35.5. The third-order valence-electron chi connectivity index (χ3n) is 5.20. The fourth-order valence-electron chi connectivity index (χ4n) is 3.68. The van der Waals surface area contributed by atoms with E-state index in [0.29, 0.717) is 21.6 Å². The Labute approximate surface area is 207 Å². The number of aromatic nitrogens is 3. The first-order chi connectivity index (χ1) is 15.8. The summed E-state index contributed by atoms with van der Waals surface area (Å²) in [7, 11) is 0. The largest absolute Gasteiger partial charge is 0.337 e. The van der Waals surface area contributed by atoms with Crippen LogP contribution in [-0.4, -0.2) is 20.9 Å². The lowest BCUT2D eigenvalue weighted by Gasteiger charge is -2.22. The van der Waals surface area contributed by atoms with Crippen molar-refractivity contribution in [3.8, 4) is 0 Å². The number of halogens is 1. The molecule has 1 amide bonds. The summed E-state index contributed by atoms with van der Waals surface area (Å²) in [6.45, 7) is 7.53. The Kier molecular flexibility index (Phi) is 7.22. The third kappa shape index (κ3) is 5.49. The minimum absolute atomic E-state index is 0.121. The van der Waals surface area contributed by atoms with Gasteiger partial charge in [-0.1, -0.05) is 59.8 Å². The van der Waals surface area contributed by atoms with E-state index < -0.39 is 0 Å². The summed E-state index contributed by atoms with van der Waals surface area (Å²) in [4.78, 5) is 27.0. The molecule has 0 saturated carbocycles. The lowest BCUT2D eigenvalue weighted by molar-refractivity contribution is -0.115. The summed E-state index contributed by atoms with van der Waals surface area (Å²) >= 11 is 9.56. The molecule has 0 aliphatic carbocycles. The van der Waals surface area contributed by atoms with Crippen LogP contribution in [0.2, 0.25) is 5.02 Å².